The van der Waals surface area contributed by atoms with Crippen molar-refractivity contribution in [1.82, 2.24) is 15.5 Å². The van der Waals surface area contributed by atoms with Gasteiger partial charge in [0, 0.05) is 6.20 Å². The second-order valence-corrected chi connectivity index (χ2v) is 4.55. The predicted molar refractivity (Wildman–Crippen MR) is 65.3 cm³/mol. The third kappa shape index (κ3) is 2.29. The first-order valence-electron chi connectivity index (χ1n) is 5.98. The minimum absolute atomic E-state index is 0.0649. The number of nitrogens with two attached hydrogens (primary N) is 1. The molecule has 5 N–H and O–H groups in total. The number of amidine groups is 1. The van der Waals surface area contributed by atoms with Gasteiger partial charge < -0.3 is 16.3 Å². The van der Waals surface area contributed by atoms with Crippen LogP contribution in [0.5, 0.6) is 0 Å². The van der Waals surface area contributed by atoms with Gasteiger partial charge in [0.1, 0.15) is 11.2 Å². The number of nitrogens with one attached hydrogen (secondary N) is 2. The van der Waals surface area contributed by atoms with Crippen LogP contribution in [0.3, 0.4) is 0 Å². The number of oxime groups is 1. The van der Waals surface area contributed by atoms with Gasteiger partial charge in [-0.05, 0) is 18.9 Å². The molecule has 1 heterocycles. The first-order chi connectivity index (χ1) is 8.68. The van der Waals surface area contributed by atoms with Crippen molar-refractivity contribution >= 4 is 11.7 Å². The second kappa shape index (κ2) is 5.07. The number of hydrogen-bond donors (Lipinski definition) is 4. The van der Waals surface area contributed by atoms with Crippen LogP contribution in [0.2, 0.25) is 0 Å². The van der Waals surface area contributed by atoms with Crippen molar-refractivity contribution < 1.29 is 10.0 Å². The third-order valence-electron chi connectivity index (χ3n) is 3.40. The van der Waals surface area contributed by atoms with Crippen molar-refractivity contribution in [3.8, 4) is 0 Å². The van der Waals surface area contributed by atoms with Crippen LogP contribution in [0, 0.1) is 0 Å². The van der Waals surface area contributed by atoms with E-state index in [1.54, 1.807) is 6.07 Å². The Kier molecular flexibility index (Phi) is 3.50. The molecule has 0 aromatic carbocycles. The van der Waals surface area contributed by atoms with Crippen LogP contribution < -0.4 is 11.1 Å². The summed E-state index contributed by atoms with van der Waals surface area (Å²) in [6.45, 7) is 0. The largest absolute Gasteiger partial charge is 0.409 e. The lowest BCUT2D eigenvalue weighted by molar-refractivity contribution is 0.0900. The molecule has 0 unspecified atom stereocenters. The van der Waals surface area contributed by atoms with E-state index in [0.29, 0.717) is 18.5 Å². The number of aromatic amines is 1. The Morgan fingerprint density at radius 2 is 2.22 bits per heavy atom. The number of nitrogens with zero attached hydrogens (tertiary/aromatic N) is 2. The molecular weight excluding hydrogens is 234 g/mol. The summed E-state index contributed by atoms with van der Waals surface area (Å²) in [6.07, 6.45) is 5.86. The zero-order chi connectivity index (χ0) is 13.0. The summed E-state index contributed by atoms with van der Waals surface area (Å²) in [5.74, 6) is -0.226. The van der Waals surface area contributed by atoms with E-state index in [-0.39, 0.29) is 11.7 Å². The molecule has 7 heteroatoms. The first kappa shape index (κ1) is 12.4. The van der Waals surface area contributed by atoms with Crippen molar-refractivity contribution in [3.05, 3.63) is 18.0 Å². The van der Waals surface area contributed by atoms with Crippen LogP contribution in [-0.2, 0) is 0 Å². The van der Waals surface area contributed by atoms with E-state index in [9.17, 15) is 4.79 Å². The maximum Gasteiger partial charge on any atom is 0.270 e. The zero-order valence-corrected chi connectivity index (χ0v) is 10.0. The van der Waals surface area contributed by atoms with Gasteiger partial charge in [-0.1, -0.05) is 24.4 Å². The highest BCUT2D eigenvalue weighted by Crippen LogP contribution is 2.28. The molecule has 1 fully saturated rings. The molecule has 2 rings (SSSR count). The predicted octanol–water partition coefficient (Wildman–Crippen LogP) is 0.589. The molecule has 1 aliphatic carbocycles. The molecule has 98 valence electrons. The molecule has 1 aliphatic rings. The Morgan fingerprint density at radius 3 is 2.78 bits per heavy atom. The Hall–Kier alpha value is -2.05. The average Bonchev–Trinajstić information content (AvgIpc) is 2.93. The Balaban J connectivity index is 2.18. The number of amides is 1. The van der Waals surface area contributed by atoms with Crippen LogP contribution in [0.4, 0.5) is 0 Å². The second-order valence-electron chi connectivity index (χ2n) is 4.55. The summed E-state index contributed by atoms with van der Waals surface area (Å²) < 4.78 is 0. The minimum Gasteiger partial charge on any atom is -0.409 e. The van der Waals surface area contributed by atoms with E-state index in [2.05, 4.69) is 20.7 Å². The number of carbonyl (C=O) groups is 1. The lowest BCUT2D eigenvalue weighted by atomic mass is 9.80. The number of rotatable bonds is 3. The van der Waals surface area contributed by atoms with E-state index in [1.165, 1.54) is 6.20 Å². The van der Waals surface area contributed by atoms with E-state index in [4.69, 9.17) is 10.9 Å². The minimum atomic E-state index is -0.741. The van der Waals surface area contributed by atoms with Gasteiger partial charge in [0.2, 0.25) is 0 Å². The molecule has 0 radical (unpaired) electrons. The highest BCUT2D eigenvalue weighted by Gasteiger charge is 2.38. The van der Waals surface area contributed by atoms with Crippen LogP contribution in [-0.4, -0.2) is 32.7 Å². The van der Waals surface area contributed by atoms with E-state index < -0.39 is 5.54 Å². The fourth-order valence-corrected chi connectivity index (χ4v) is 2.36. The standard InChI is InChI=1S/C11H17N5O2/c12-10(16-18)11(5-2-1-3-6-11)14-9(17)8-4-7-13-15-8/h4,7,18H,1-3,5-6H2,(H2,12,16)(H,13,15)(H,14,17). The van der Waals surface area contributed by atoms with E-state index in [0.717, 1.165) is 19.3 Å². The van der Waals surface area contributed by atoms with Gasteiger partial charge in [-0.3, -0.25) is 9.89 Å². The fourth-order valence-electron chi connectivity index (χ4n) is 2.36. The van der Waals surface area contributed by atoms with Crippen molar-refractivity contribution in [1.29, 1.82) is 0 Å². The molecule has 7 nitrogen and oxygen atoms in total. The van der Waals surface area contributed by atoms with Crippen molar-refractivity contribution in [2.75, 3.05) is 0 Å². The van der Waals surface area contributed by atoms with Crippen LogP contribution in [0.1, 0.15) is 42.6 Å². The topological polar surface area (TPSA) is 116 Å². The van der Waals surface area contributed by atoms with Crippen LogP contribution in [0.15, 0.2) is 17.4 Å². The van der Waals surface area contributed by atoms with Gasteiger partial charge >= 0.3 is 0 Å². The normalized spacial score (nSPS) is 19.4. The molecule has 1 aromatic heterocycles. The summed E-state index contributed by atoms with van der Waals surface area (Å²) in [5.41, 5.74) is 5.37. The molecule has 0 saturated heterocycles. The smallest absolute Gasteiger partial charge is 0.270 e. The van der Waals surface area contributed by atoms with Crippen LogP contribution in [0.25, 0.3) is 0 Å². The molecule has 0 aliphatic heterocycles. The van der Waals surface area contributed by atoms with Gasteiger partial charge in [-0.2, -0.15) is 5.10 Å². The summed E-state index contributed by atoms with van der Waals surface area (Å²) in [6, 6.07) is 1.58. The number of aromatic nitrogens is 2. The lowest BCUT2D eigenvalue weighted by Crippen LogP contribution is -2.58. The molecule has 1 aromatic rings. The van der Waals surface area contributed by atoms with Gasteiger partial charge in [0.15, 0.2) is 5.84 Å². The molecule has 0 spiro atoms. The zero-order valence-electron chi connectivity index (χ0n) is 10.0. The van der Waals surface area contributed by atoms with Crippen LogP contribution >= 0.6 is 0 Å². The summed E-state index contributed by atoms with van der Waals surface area (Å²) in [7, 11) is 0. The van der Waals surface area contributed by atoms with Gasteiger partial charge in [0.25, 0.3) is 5.91 Å². The SMILES string of the molecule is NC(=NO)C1(NC(=O)c2ccn[nH]2)CCCCC1. The summed E-state index contributed by atoms with van der Waals surface area (Å²) >= 11 is 0. The molecular formula is C11H17N5O2. The number of carbonyl (C=O) groups excluding carboxylic acids is 1. The quantitative estimate of drug-likeness (QED) is 0.272. The molecule has 0 atom stereocenters. The molecule has 1 amide bonds. The lowest BCUT2D eigenvalue weighted by Gasteiger charge is -2.36. The van der Waals surface area contributed by atoms with Gasteiger partial charge in [-0.15, -0.1) is 0 Å². The molecule has 0 bridgehead atoms. The monoisotopic (exact) mass is 251 g/mol. The Labute approximate surface area is 104 Å². The van der Waals surface area contributed by atoms with E-state index >= 15 is 0 Å². The maximum absolute atomic E-state index is 12.0. The van der Waals surface area contributed by atoms with Gasteiger partial charge in [-0.25, -0.2) is 0 Å². The summed E-state index contributed by atoms with van der Waals surface area (Å²) in [5, 5.41) is 21.1. The van der Waals surface area contributed by atoms with Crippen molar-refractivity contribution in [3.63, 3.8) is 0 Å². The Morgan fingerprint density at radius 1 is 1.50 bits per heavy atom. The molecule has 1 saturated carbocycles. The van der Waals surface area contributed by atoms with Crippen molar-refractivity contribution in [2.24, 2.45) is 10.9 Å². The highest BCUT2D eigenvalue weighted by molar-refractivity contribution is 5.99. The molecule has 18 heavy (non-hydrogen) atoms. The summed E-state index contributed by atoms with van der Waals surface area (Å²) in [4.78, 5) is 12.0. The highest BCUT2D eigenvalue weighted by atomic mass is 16.4. The maximum atomic E-state index is 12.0. The number of hydrogen-bond acceptors (Lipinski definition) is 4. The number of H-pyrrole nitrogens is 1. The van der Waals surface area contributed by atoms with Gasteiger partial charge in [0.05, 0.1) is 0 Å². The fraction of sp³-hybridized carbons (Fsp3) is 0.545. The first-order valence-corrected chi connectivity index (χ1v) is 5.98. The van der Waals surface area contributed by atoms with Crippen molar-refractivity contribution in [2.45, 2.75) is 37.6 Å². The van der Waals surface area contributed by atoms with E-state index in [1.807, 2.05) is 0 Å². The average molecular weight is 251 g/mol. The third-order valence-corrected chi connectivity index (χ3v) is 3.40. The Bertz CT molecular complexity index is 434.